The topological polar surface area (TPSA) is 72.6 Å². The Balaban J connectivity index is 2.61. The summed E-state index contributed by atoms with van der Waals surface area (Å²) in [4.78, 5) is 11.9. The predicted molar refractivity (Wildman–Crippen MR) is 95.0 cm³/mol. The zero-order valence-corrected chi connectivity index (χ0v) is 15.5. The molecule has 140 valence electrons. The summed E-state index contributed by atoms with van der Waals surface area (Å²) in [6.07, 6.45) is -1.22. The van der Waals surface area contributed by atoms with Crippen LogP contribution in [0.5, 0.6) is 0 Å². The maximum atomic E-state index is 14.0. The van der Waals surface area contributed by atoms with Gasteiger partial charge in [-0.05, 0) is 49.2 Å². The van der Waals surface area contributed by atoms with Gasteiger partial charge in [0.05, 0.1) is 10.0 Å². The molecule has 0 aromatic heterocycles. The minimum atomic E-state index is -2.07. The van der Waals surface area contributed by atoms with Gasteiger partial charge in [-0.15, -0.1) is 0 Å². The third-order valence-electron chi connectivity index (χ3n) is 3.97. The highest BCUT2D eigenvalue weighted by molar-refractivity contribution is 6.31. The molecule has 8 heteroatoms. The smallest absolute Gasteiger partial charge is 0.323 e. The first-order valence-electron chi connectivity index (χ1n) is 7.66. The number of carbonyl (C=O) groups is 1. The van der Waals surface area contributed by atoms with Gasteiger partial charge in [-0.25, -0.2) is 8.78 Å². The zero-order chi connectivity index (χ0) is 19.6. The predicted octanol–water partition coefficient (Wildman–Crippen LogP) is 3.79. The van der Waals surface area contributed by atoms with Crippen molar-refractivity contribution in [3.05, 3.63) is 69.2 Å². The van der Waals surface area contributed by atoms with Gasteiger partial charge in [0, 0.05) is 0 Å². The molecule has 4 nitrogen and oxygen atoms in total. The van der Waals surface area contributed by atoms with Crippen LogP contribution in [0.1, 0.15) is 25.0 Å². The molecule has 0 fully saturated rings. The lowest BCUT2D eigenvalue weighted by molar-refractivity contribution is -0.161. The average molecular weight is 404 g/mol. The minimum absolute atomic E-state index is 0.0195. The Morgan fingerprint density at radius 3 is 1.85 bits per heavy atom. The molecule has 0 aliphatic rings. The molecule has 0 amide bonds. The Hall–Kier alpha value is -1.73. The summed E-state index contributed by atoms with van der Waals surface area (Å²) < 4.78 is 33.1. The van der Waals surface area contributed by atoms with Crippen LogP contribution in [0.15, 0.2) is 36.4 Å². The summed E-state index contributed by atoms with van der Waals surface area (Å²) >= 11 is 11.4. The average Bonchev–Trinajstić information content (AvgIpc) is 2.58. The summed E-state index contributed by atoms with van der Waals surface area (Å²) in [5.41, 5.74) is 3.45. The number of esters is 1. The van der Waals surface area contributed by atoms with Gasteiger partial charge >= 0.3 is 5.97 Å². The monoisotopic (exact) mass is 403 g/mol. The standard InChI is InChI=1S/C18H17Cl2F2NO3/c1-9(23)17(24)26-10(2)18(25,11-3-5-13(19)15(21)7-11)12-4-6-14(20)16(22)8-12/h3-10,25H,23H2,1-2H3/t9-,10-/m0/s1. The molecule has 2 aromatic rings. The fourth-order valence-electron chi connectivity index (χ4n) is 2.47. The highest BCUT2D eigenvalue weighted by atomic mass is 35.5. The number of carbonyl (C=O) groups excluding carboxylic acids is 1. The van der Waals surface area contributed by atoms with Crippen LogP contribution in [-0.4, -0.2) is 23.2 Å². The van der Waals surface area contributed by atoms with Crippen LogP contribution in [0.25, 0.3) is 0 Å². The van der Waals surface area contributed by atoms with E-state index in [1.165, 1.54) is 38.1 Å². The molecule has 0 heterocycles. The van der Waals surface area contributed by atoms with Gasteiger partial charge in [0.15, 0.2) is 5.60 Å². The lowest BCUT2D eigenvalue weighted by Crippen LogP contribution is -2.44. The van der Waals surface area contributed by atoms with E-state index >= 15 is 0 Å². The molecule has 0 aliphatic heterocycles. The SMILES string of the molecule is C[C@H](N)C(=O)O[C@@H](C)C(O)(c1ccc(Cl)c(F)c1)c1ccc(Cl)c(F)c1. The molecule has 0 aliphatic carbocycles. The van der Waals surface area contributed by atoms with E-state index in [4.69, 9.17) is 33.7 Å². The van der Waals surface area contributed by atoms with Crippen molar-refractivity contribution in [3.63, 3.8) is 0 Å². The Morgan fingerprint density at radius 1 is 1.08 bits per heavy atom. The maximum Gasteiger partial charge on any atom is 0.323 e. The maximum absolute atomic E-state index is 14.0. The largest absolute Gasteiger partial charge is 0.458 e. The van der Waals surface area contributed by atoms with Crippen LogP contribution in [0.3, 0.4) is 0 Å². The number of hydrogen-bond acceptors (Lipinski definition) is 4. The van der Waals surface area contributed by atoms with Crippen molar-refractivity contribution in [2.45, 2.75) is 31.6 Å². The van der Waals surface area contributed by atoms with Crippen molar-refractivity contribution in [3.8, 4) is 0 Å². The molecule has 0 radical (unpaired) electrons. The van der Waals surface area contributed by atoms with Crippen LogP contribution in [0.4, 0.5) is 8.78 Å². The molecule has 2 atom stereocenters. The third kappa shape index (κ3) is 3.99. The van der Waals surface area contributed by atoms with Crippen LogP contribution in [-0.2, 0) is 15.1 Å². The molecule has 0 saturated carbocycles. The second-order valence-corrected chi connectivity index (χ2v) is 6.71. The second-order valence-electron chi connectivity index (χ2n) is 5.89. The fraction of sp³-hybridized carbons (Fsp3) is 0.278. The summed E-state index contributed by atoms with van der Waals surface area (Å²) in [5, 5.41) is 11.0. The number of aliphatic hydroxyl groups is 1. The van der Waals surface area contributed by atoms with Crippen molar-refractivity contribution in [1.82, 2.24) is 0 Å². The van der Waals surface area contributed by atoms with Gasteiger partial charge in [0.2, 0.25) is 0 Å². The first kappa shape index (κ1) is 20.6. The first-order chi connectivity index (χ1) is 12.1. The van der Waals surface area contributed by atoms with Gasteiger partial charge in [0.1, 0.15) is 23.8 Å². The molecule has 0 bridgehead atoms. The van der Waals surface area contributed by atoms with Crippen molar-refractivity contribution in [1.29, 1.82) is 0 Å². The van der Waals surface area contributed by atoms with Crippen molar-refractivity contribution in [2.75, 3.05) is 0 Å². The zero-order valence-electron chi connectivity index (χ0n) is 14.0. The number of ether oxygens (including phenoxy) is 1. The highest BCUT2D eigenvalue weighted by Crippen LogP contribution is 2.37. The number of halogens is 4. The number of hydrogen-bond donors (Lipinski definition) is 2. The Labute approximate surface area is 159 Å². The van der Waals surface area contributed by atoms with E-state index in [1.54, 1.807) is 0 Å². The van der Waals surface area contributed by atoms with Gasteiger partial charge in [-0.1, -0.05) is 35.3 Å². The van der Waals surface area contributed by atoms with Gasteiger partial charge in [-0.2, -0.15) is 0 Å². The quantitative estimate of drug-likeness (QED) is 0.744. The molecule has 0 saturated heterocycles. The highest BCUT2D eigenvalue weighted by Gasteiger charge is 2.41. The lowest BCUT2D eigenvalue weighted by Gasteiger charge is -2.35. The Bertz CT molecular complexity index is 779. The summed E-state index contributed by atoms with van der Waals surface area (Å²) in [7, 11) is 0. The normalized spacial score (nSPS) is 14.0. The molecular formula is C18H17Cl2F2NO3. The van der Waals surface area contributed by atoms with Crippen LogP contribution in [0, 0.1) is 11.6 Å². The molecule has 26 heavy (non-hydrogen) atoms. The van der Waals surface area contributed by atoms with Crippen LogP contribution >= 0.6 is 23.2 Å². The van der Waals surface area contributed by atoms with E-state index in [9.17, 15) is 18.7 Å². The van der Waals surface area contributed by atoms with Gasteiger partial charge in [-0.3, -0.25) is 4.79 Å². The summed E-state index contributed by atoms with van der Waals surface area (Å²) in [5.74, 6) is -2.36. The summed E-state index contributed by atoms with van der Waals surface area (Å²) in [6.45, 7) is 2.80. The van der Waals surface area contributed by atoms with E-state index in [0.29, 0.717) is 0 Å². The van der Waals surface area contributed by atoms with Crippen molar-refractivity contribution in [2.24, 2.45) is 5.73 Å². The molecule has 2 aromatic carbocycles. The van der Waals surface area contributed by atoms with Crippen LogP contribution < -0.4 is 5.73 Å². The Kier molecular flexibility index (Phi) is 6.24. The number of nitrogens with two attached hydrogens (primary N) is 1. The van der Waals surface area contributed by atoms with Crippen molar-refractivity contribution >= 4 is 29.2 Å². The van der Waals surface area contributed by atoms with E-state index in [1.807, 2.05) is 0 Å². The molecule has 3 N–H and O–H groups in total. The van der Waals surface area contributed by atoms with Crippen molar-refractivity contribution < 1.29 is 23.4 Å². The Morgan fingerprint density at radius 2 is 1.50 bits per heavy atom. The first-order valence-corrected chi connectivity index (χ1v) is 8.42. The lowest BCUT2D eigenvalue weighted by atomic mass is 9.82. The molecule has 0 spiro atoms. The van der Waals surface area contributed by atoms with E-state index in [-0.39, 0.29) is 21.2 Å². The van der Waals surface area contributed by atoms with E-state index in [2.05, 4.69) is 0 Å². The van der Waals surface area contributed by atoms with E-state index < -0.39 is 35.4 Å². The molecule has 0 unspecified atom stereocenters. The summed E-state index contributed by atoms with van der Waals surface area (Å²) in [6, 6.07) is 6.23. The molecular weight excluding hydrogens is 387 g/mol. The number of benzene rings is 2. The molecule has 2 rings (SSSR count). The van der Waals surface area contributed by atoms with E-state index in [0.717, 1.165) is 12.1 Å². The second kappa shape index (κ2) is 7.88. The van der Waals surface area contributed by atoms with Gasteiger partial charge < -0.3 is 15.6 Å². The van der Waals surface area contributed by atoms with Gasteiger partial charge in [0.25, 0.3) is 0 Å². The fourth-order valence-corrected chi connectivity index (χ4v) is 2.70. The minimum Gasteiger partial charge on any atom is -0.458 e. The number of rotatable bonds is 5. The third-order valence-corrected chi connectivity index (χ3v) is 4.59. The van der Waals surface area contributed by atoms with Crippen LogP contribution in [0.2, 0.25) is 10.0 Å².